The second-order valence-corrected chi connectivity index (χ2v) is 8.41. The Balaban J connectivity index is 1.61. The third-order valence-corrected chi connectivity index (χ3v) is 5.93. The fraction of sp³-hybridized carbons (Fsp3) is 0.0800. The molecule has 0 bridgehead atoms. The van der Waals surface area contributed by atoms with Crippen molar-refractivity contribution in [3.63, 3.8) is 0 Å². The third-order valence-electron chi connectivity index (χ3n) is 5.44. The zero-order chi connectivity index (χ0) is 22.2. The number of Topliss-reactive ketones (excluding diaryl/α,β-unsaturated/α-hetero) is 1. The number of pyridine rings is 1. The lowest BCUT2D eigenvalue weighted by molar-refractivity contribution is -0.130. The van der Waals surface area contributed by atoms with Gasteiger partial charge in [-0.25, -0.2) is 0 Å². The monoisotopic (exact) mass is 488 g/mol. The summed E-state index contributed by atoms with van der Waals surface area (Å²) in [6.45, 7) is 0.185. The number of ketones is 1. The summed E-state index contributed by atoms with van der Waals surface area (Å²) < 4.78 is 6.54. The lowest BCUT2D eigenvalue weighted by Crippen LogP contribution is -2.30. The quantitative estimate of drug-likeness (QED) is 0.381. The van der Waals surface area contributed by atoms with E-state index in [1.807, 2.05) is 48.5 Å². The number of carbonyl (C=O) groups is 2. The highest BCUT2D eigenvalue weighted by Gasteiger charge is 2.44. The number of amides is 1. The maximum absolute atomic E-state index is 13.5. The van der Waals surface area contributed by atoms with Crippen molar-refractivity contribution in [1.82, 2.24) is 9.88 Å². The van der Waals surface area contributed by atoms with Crippen LogP contribution in [0, 0.1) is 0 Å². The summed E-state index contributed by atoms with van der Waals surface area (Å²) in [6.07, 6.45) is 3.30. The summed E-state index contributed by atoms with van der Waals surface area (Å²) in [5, 5.41) is 11.6. The zero-order valence-corrected chi connectivity index (χ0v) is 18.3. The molecule has 0 aliphatic carbocycles. The highest BCUT2D eigenvalue weighted by atomic mass is 79.9. The fourth-order valence-corrected chi connectivity index (χ4v) is 4.40. The smallest absolute Gasteiger partial charge is 0.290 e. The predicted octanol–water partition coefficient (Wildman–Crippen LogP) is 5.37. The van der Waals surface area contributed by atoms with Crippen molar-refractivity contribution in [3.8, 4) is 0 Å². The van der Waals surface area contributed by atoms with Crippen molar-refractivity contribution in [2.45, 2.75) is 12.6 Å². The van der Waals surface area contributed by atoms with Crippen molar-refractivity contribution in [2.24, 2.45) is 0 Å². The summed E-state index contributed by atoms with van der Waals surface area (Å²) in [7, 11) is 0. The average molecular weight is 489 g/mol. The van der Waals surface area contributed by atoms with Gasteiger partial charge in [0.25, 0.3) is 5.91 Å². The minimum atomic E-state index is -0.777. The van der Waals surface area contributed by atoms with Crippen LogP contribution in [0.3, 0.4) is 0 Å². The molecule has 2 aromatic carbocycles. The van der Waals surface area contributed by atoms with E-state index in [-0.39, 0.29) is 17.9 Å². The van der Waals surface area contributed by atoms with Gasteiger partial charge in [-0.1, -0.05) is 52.3 Å². The van der Waals surface area contributed by atoms with Crippen LogP contribution >= 0.6 is 15.9 Å². The van der Waals surface area contributed by atoms with Crippen molar-refractivity contribution in [3.05, 3.63) is 112 Å². The van der Waals surface area contributed by atoms with Gasteiger partial charge in [0, 0.05) is 28.8 Å². The van der Waals surface area contributed by atoms with Crippen LogP contribution in [0.5, 0.6) is 0 Å². The number of benzene rings is 2. The number of rotatable bonds is 5. The molecule has 1 aliphatic heterocycles. The van der Waals surface area contributed by atoms with Crippen molar-refractivity contribution in [2.75, 3.05) is 0 Å². The molecule has 1 atom stereocenters. The first-order valence-electron chi connectivity index (χ1n) is 9.94. The van der Waals surface area contributed by atoms with Gasteiger partial charge < -0.3 is 14.4 Å². The number of hydrogen-bond acceptors (Lipinski definition) is 5. The fourth-order valence-electron chi connectivity index (χ4n) is 3.99. The van der Waals surface area contributed by atoms with Gasteiger partial charge >= 0.3 is 0 Å². The Morgan fingerprint density at radius 3 is 2.69 bits per heavy atom. The summed E-state index contributed by atoms with van der Waals surface area (Å²) in [4.78, 5) is 32.2. The van der Waals surface area contributed by atoms with Gasteiger partial charge in [0.1, 0.15) is 5.58 Å². The molecule has 0 saturated carbocycles. The number of aliphatic hydroxyl groups excluding tert-OH is 1. The molecule has 0 saturated heterocycles. The number of carbonyl (C=O) groups excluding carboxylic acids is 2. The standard InChI is InChI=1S/C25H17BrN2O4/c26-18-8-3-7-17(11-18)22-21(23(29)20-12-16-6-1-2-9-19(16)32-20)24(30)25(31)28(22)14-15-5-4-10-27-13-15/h1-13,22,30H,14H2/t22-/m1/s1. The number of nitrogens with zero attached hydrogens (tertiary/aromatic N) is 2. The molecule has 7 heteroatoms. The van der Waals surface area contributed by atoms with Crippen LogP contribution in [0.2, 0.25) is 0 Å². The van der Waals surface area contributed by atoms with Gasteiger partial charge in [-0.3, -0.25) is 14.6 Å². The molecule has 158 valence electrons. The van der Waals surface area contributed by atoms with E-state index in [2.05, 4.69) is 20.9 Å². The van der Waals surface area contributed by atoms with Crippen LogP contribution in [-0.2, 0) is 11.3 Å². The van der Waals surface area contributed by atoms with Gasteiger partial charge in [-0.2, -0.15) is 0 Å². The van der Waals surface area contributed by atoms with Crippen LogP contribution in [0.15, 0.2) is 99.3 Å². The lowest BCUT2D eigenvalue weighted by Gasteiger charge is -2.26. The number of halogens is 1. The Morgan fingerprint density at radius 1 is 1.09 bits per heavy atom. The Morgan fingerprint density at radius 2 is 1.94 bits per heavy atom. The maximum Gasteiger partial charge on any atom is 0.290 e. The van der Waals surface area contributed by atoms with Crippen molar-refractivity contribution < 1.29 is 19.1 Å². The number of fused-ring (bicyclic) bond motifs is 1. The molecule has 1 aliphatic rings. The van der Waals surface area contributed by atoms with Crippen molar-refractivity contribution >= 4 is 38.6 Å². The van der Waals surface area contributed by atoms with Crippen molar-refractivity contribution in [1.29, 1.82) is 0 Å². The molecule has 32 heavy (non-hydrogen) atoms. The average Bonchev–Trinajstić information content (AvgIpc) is 3.34. The first kappa shape index (κ1) is 20.2. The van der Waals surface area contributed by atoms with Gasteiger partial charge in [-0.15, -0.1) is 0 Å². The van der Waals surface area contributed by atoms with E-state index in [1.165, 1.54) is 4.90 Å². The molecule has 0 radical (unpaired) electrons. The molecular formula is C25H17BrN2O4. The first-order valence-corrected chi connectivity index (χ1v) is 10.7. The van der Waals surface area contributed by atoms with Gasteiger partial charge in [0.2, 0.25) is 5.78 Å². The number of aliphatic hydroxyl groups is 1. The molecule has 0 spiro atoms. The number of aromatic nitrogens is 1. The molecular weight excluding hydrogens is 472 g/mol. The van der Waals surface area contributed by atoms with Gasteiger partial charge in [-0.05, 0) is 41.5 Å². The van der Waals surface area contributed by atoms with Crippen LogP contribution < -0.4 is 0 Å². The molecule has 0 fully saturated rings. The third kappa shape index (κ3) is 3.50. The lowest BCUT2D eigenvalue weighted by atomic mass is 9.95. The van der Waals surface area contributed by atoms with Crippen LogP contribution in [0.25, 0.3) is 11.0 Å². The molecule has 1 amide bonds. The molecule has 1 N–H and O–H groups in total. The normalized spacial score (nSPS) is 16.2. The maximum atomic E-state index is 13.5. The highest BCUT2D eigenvalue weighted by molar-refractivity contribution is 9.10. The molecule has 3 heterocycles. The number of furan rings is 1. The van der Waals surface area contributed by atoms with E-state index < -0.39 is 23.5 Å². The van der Waals surface area contributed by atoms with Gasteiger partial charge in [0.05, 0.1) is 11.6 Å². The van der Waals surface area contributed by atoms with E-state index in [0.29, 0.717) is 11.1 Å². The Kier molecular flexibility index (Phi) is 5.11. The predicted molar refractivity (Wildman–Crippen MR) is 122 cm³/mol. The topological polar surface area (TPSA) is 83.6 Å². The van der Waals surface area contributed by atoms with E-state index in [9.17, 15) is 14.7 Å². The minimum Gasteiger partial charge on any atom is -0.503 e. The van der Waals surface area contributed by atoms with Crippen LogP contribution in [-0.4, -0.2) is 26.7 Å². The summed E-state index contributed by atoms with van der Waals surface area (Å²) in [5.74, 6) is -1.63. The molecule has 6 nitrogen and oxygen atoms in total. The highest BCUT2D eigenvalue weighted by Crippen LogP contribution is 2.41. The van der Waals surface area contributed by atoms with E-state index in [4.69, 9.17) is 4.42 Å². The number of para-hydroxylation sites is 1. The summed E-state index contributed by atoms with van der Waals surface area (Å²) >= 11 is 3.46. The second-order valence-electron chi connectivity index (χ2n) is 7.49. The Hall–Kier alpha value is -3.71. The first-order chi connectivity index (χ1) is 15.5. The molecule has 5 rings (SSSR count). The molecule has 0 unspecified atom stereocenters. The SMILES string of the molecule is O=C(C1=C(O)C(=O)N(Cc2cccnc2)[C@@H]1c1cccc(Br)c1)c1cc2ccccc2o1. The van der Waals surface area contributed by atoms with Crippen LogP contribution in [0.4, 0.5) is 0 Å². The van der Waals surface area contributed by atoms with E-state index >= 15 is 0 Å². The molecule has 2 aromatic heterocycles. The summed E-state index contributed by atoms with van der Waals surface area (Å²) in [5.41, 5.74) is 2.04. The zero-order valence-electron chi connectivity index (χ0n) is 16.7. The number of hydrogen-bond donors (Lipinski definition) is 1. The largest absolute Gasteiger partial charge is 0.503 e. The van der Waals surface area contributed by atoms with E-state index in [0.717, 1.165) is 15.4 Å². The molecule has 4 aromatic rings. The second kappa shape index (κ2) is 8.09. The Labute approximate surface area is 191 Å². The minimum absolute atomic E-state index is 0.00366. The summed E-state index contributed by atoms with van der Waals surface area (Å²) in [6, 6.07) is 19.1. The van der Waals surface area contributed by atoms with Gasteiger partial charge in [0.15, 0.2) is 11.5 Å². The Bertz CT molecular complexity index is 1340. The van der Waals surface area contributed by atoms with E-state index in [1.54, 1.807) is 30.6 Å². The van der Waals surface area contributed by atoms with Crippen LogP contribution in [0.1, 0.15) is 27.7 Å².